The number of fused-ring (bicyclic) bond motifs is 1. The molecule has 0 bridgehead atoms. The van der Waals surface area contributed by atoms with Crippen molar-refractivity contribution in [3.8, 4) is 11.5 Å². The number of nitrogens with one attached hydrogen (secondary N) is 1. The zero-order chi connectivity index (χ0) is 22.8. The number of para-hydroxylation sites is 2. The minimum Gasteiger partial charge on any atom is -0.486 e. The zero-order valence-electron chi connectivity index (χ0n) is 18.2. The maximum atomic E-state index is 13.0. The van der Waals surface area contributed by atoms with Gasteiger partial charge in [0, 0.05) is 19.6 Å². The molecule has 3 aromatic rings. The molecule has 9 heteroatoms. The number of carbonyl (C=O) groups excluding carboxylic acids is 2. The molecule has 0 radical (unpaired) electrons. The highest BCUT2D eigenvalue weighted by atomic mass is 32.1. The van der Waals surface area contributed by atoms with Crippen LogP contribution in [0.4, 0.5) is 9.93 Å². The summed E-state index contributed by atoms with van der Waals surface area (Å²) in [7, 11) is 0. The van der Waals surface area contributed by atoms with Gasteiger partial charge in [-0.05, 0) is 24.6 Å². The van der Waals surface area contributed by atoms with Crippen LogP contribution in [0.2, 0.25) is 0 Å². The Bertz CT molecular complexity index is 1170. The number of urea groups is 1. The maximum Gasteiger partial charge on any atom is 0.326 e. The van der Waals surface area contributed by atoms with Gasteiger partial charge in [-0.15, -0.1) is 0 Å². The van der Waals surface area contributed by atoms with Crippen molar-refractivity contribution in [1.82, 2.24) is 15.2 Å². The minimum absolute atomic E-state index is 0.137. The summed E-state index contributed by atoms with van der Waals surface area (Å²) in [6.07, 6.45) is -0.235. The summed E-state index contributed by atoms with van der Waals surface area (Å²) in [5, 5.41) is 3.47. The molecule has 0 spiro atoms. The first-order valence-electron chi connectivity index (χ1n) is 10.8. The second-order valence-corrected chi connectivity index (χ2v) is 8.93. The lowest BCUT2D eigenvalue weighted by molar-refractivity contribution is 0.0713. The highest BCUT2D eigenvalue weighted by molar-refractivity contribution is 7.17. The van der Waals surface area contributed by atoms with Crippen LogP contribution in [0.15, 0.2) is 54.6 Å². The van der Waals surface area contributed by atoms with Gasteiger partial charge >= 0.3 is 6.03 Å². The van der Waals surface area contributed by atoms with Crippen molar-refractivity contribution in [2.24, 2.45) is 0 Å². The molecule has 8 nitrogen and oxygen atoms in total. The van der Waals surface area contributed by atoms with Gasteiger partial charge in [-0.1, -0.05) is 53.8 Å². The van der Waals surface area contributed by atoms with Gasteiger partial charge in [-0.2, -0.15) is 0 Å². The molecule has 5 rings (SSSR count). The molecular weight excluding hydrogens is 440 g/mol. The molecule has 1 unspecified atom stereocenters. The molecule has 2 aliphatic rings. The molecule has 1 N–H and O–H groups in total. The Morgan fingerprint density at radius 2 is 1.88 bits per heavy atom. The SMILES string of the molecule is Cc1nc(N2CCN(CC3COc4ccccc4O3)C2=O)sc1C(=O)NCc1ccccc1. The summed E-state index contributed by atoms with van der Waals surface area (Å²) in [4.78, 5) is 34.1. The third kappa shape index (κ3) is 4.49. The monoisotopic (exact) mass is 464 g/mol. The van der Waals surface area contributed by atoms with Crippen molar-refractivity contribution < 1.29 is 19.1 Å². The van der Waals surface area contributed by atoms with Crippen LogP contribution < -0.4 is 19.7 Å². The largest absolute Gasteiger partial charge is 0.486 e. The Morgan fingerprint density at radius 1 is 1.12 bits per heavy atom. The summed E-state index contributed by atoms with van der Waals surface area (Å²) in [5.74, 6) is 1.23. The summed E-state index contributed by atoms with van der Waals surface area (Å²) in [5.41, 5.74) is 1.64. The number of nitrogens with zero attached hydrogens (tertiary/aromatic N) is 3. The van der Waals surface area contributed by atoms with Crippen LogP contribution >= 0.6 is 11.3 Å². The van der Waals surface area contributed by atoms with Crippen LogP contribution in [0.25, 0.3) is 0 Å². The van der Waals surface area contributed by atoms with E-state index in [4.69, 9.17) is 9.47 Å². The van der Waals surface area contributed by atoms with Crippen molar-refractivity contribution in [3.63, 3.8) is 0 Å². The van der Waals surface area contributed by atoms with Crippen LogP contribution in [-0.2, 0) is 6.54 Å². The van der Waals surface area contributed by atoms with Crippen LogP contribution in [0, 0.1) is 6.92 Å². The van der Waals surface area contributed by atoms with Gasteiger partial charge in [0.25, 0.3) is 5.91 Å². The Balaban J connectivity index is 1.21. The number of hydrogen-bond donors (Lipinski definition) is 1. The van der Waals surface area contributed by atoms with Crippen LogP contribution in [0.3, 0.4) is 0 Å². The van der Waals surface area contributed by atoms with Gasteiger partial charge < -0.3 is 19.7 Å². The number of hydrogen-bond acceptors (Lipinski definition) is 6. The lowest BCUT2D eigenvalue weighted by Crippen LogP contribution is -2.43. The number of thiazole rings is 1. The highest BCUT2D eigenvalue weighted by Gasteiger charge is 2.35. The van der Waals surface area contributed by atoms with Gasteiger partial charge in [0.1, 0.15) is 11.5 Å². The van der Waals surface area contributed by atoms with E-state index in [2.05, 4.69) is 10.3 Å². The van der Waals surface area contributed by atoms with E-state index in [0.29, 0.717) is 54.2 Å². The second kappa shape index (κ2) is 9.11. The average molecular weight is 465 g/mol. The van der Waals surface area contributed by atoms with E-state index in [0.717, 1.165) is 11.3 Å². The molecule has 1 atom stereocenters. The average Bonchev–Trinajstić information content (AvgIpc) is 3.40. The van der Waals surface area contributed by atoms with Gasteiger partial charge in [0.2, 0.25) is 0 Å². The normalized spacial score (nSPS) is 17.4. The van der Waals surface area contributed by atoms with Crippen molar-refractivity contribution in [2.45, 2.75) is 19.6 Å². The van der Waals surface area contributed by atoms with E-state index < -0.39 is 0 Å². The summed E-state index contributed by atoms with van der Waals surface area (Å²) in [6, 6.07) is 17.1. The molecular formula is C24H24N4O4S. The topological polar surface area (TPSA) is 84.0 Å². The van der Waals surface area contributed by atoms with E-state index in [1.54, 1.807) is 16.7 Å². The predicted molar refractivity (Wildman–Crippen MR) is 125 cm³/mol. The number of aromatic nitrogens is 1. The van der Waals surface area contributed by atoms with Crippen molar-refractivity contribution in [3.05, 3.63) is 70.7 Å². The van der Waals surface area contributed by atoms with Gasteiger partial charge in [-0.25, -0.2) is 9.78 Å². The molecule has 1 aromatic heterocycles. The number of aryl methyl sites for hydroxylation is 1. The summed E-state index contributed by atoms with van der Waals surface area (Å²) < 4.78 is 11.8. The number of ether oxygens (including phenoxy) is 2. The fourth-order valence-corrected chi connectivity index (χ4v) is 4.90. The standard InChI is InChI=1S/C24H24N4O4S/c1-16-21(22(29)25-13-17-7-3-2-4-8-17)33-23(26-16)28-12-11-27(24(28)30)14-18-15-31-19-9-5-6-10-20(19)32-18/h2-10,18H,11-15H2,1H3,(H,25,29). The molecule has 2 aliphatic heterocycles. The molecule has 1 saturated heterocycles. The van der Waals surface area contributed by atoms with E-state index in [1.807, 2.05) is 54.6 Å². The first-order valence-corrected chi connectivity index (χ1v) is 11.6. The Labute approximate surface area is 195 Å². The molecule has 33 heavy (non-hydrogen) atoms. The third-order valence-electron chi connectivity index (χ3n) is 5.60. The Kier molecular flexibility index (Phi) is 5.87. The van der Waals surface area contributed by atoms with E-state index in [9.17, 15) is 9.59 Å². The van der Waals surface area contributed by atoms with Gasteiger partial charge in [0.05, 0.1) is 12.2 Å². The Hall–Kier alpha value is -3.59. The smallest absolute Gasteiger partial charge is 0.326 e. The molecule has 0 saturated carbocycles. The van der Waals surface area contributed by atoms with E-state index >= 15 is 0 Å². The lowest BCUT2D eigenvalue weighted by Gasteiger charge is -2.29. The third-order valence-corrected chi connectivity index (χ3v) is 6.78. The van der Waals surface area contributed by atoms with Crippen molar-refractivity contribution in [2.75, 3.05) is 31.1 Å². The number of amides is 3. The lowest BCUT2D eigenvalue weighted by atomic mass is 10.2. The molecule has 3 amide bonds. The van der Waals surface area contributed by atoms with E-state index in [-0.39, 0.29) is 18.0 Å². The van der Waals surface area contributed by atoms with Crippen molar-refractivity contribution >= 4 is 28.4 Å². The Morgan fingerprint density at radius 3 is 2.70 bits per heavy atom. The van der Waals surface area contributed by atoms with Crippen LogP contribution in [-0.4, -0.2) is 54.2 Å². The van der Waals surface area contributed by atoms with E-state index in [1.165, 1.54) is 11.3 Å². The molecule has 1 fully saturated rings. The first kappa shape index (κ1) is 21.3. The summed E-state index contributed by atoms with van der Waals surface area (Å²) >= 11 is 1.24. The second-order valence-electron chi connectivity index (χ2n) is 7.96. The highest BCUT2D eigenvalue weighted by Crippen LogP contribution is 2.32. The van der Waals surface area contributed by atoms with Gasteiger partial charge in [-0.3, -0.25) is 9.69 Å². The summed E-state index contributed by atoms with van der Waals surface area (Å²) in [6.45, 7) is 4.13. The fraction of sp³-hybridized carbons (Fsp3) is 0.292. The van der Waals surface area contributed by atoms with Gasteiger partial charge in [0.15, 0.2) is 22.7 Å². The van der Waals surface area contributed by atoms with Crippen LogP contribution in [0.1, 0.15) is 20.9 Å². The minimum atomic E-state index is -0.235. The molecule has 0 aliphatic carbocycles. The maximum absolute atomic E-state index is 13.0. The number of carbonyl (C=O) groups is 2. The quantitative estimate of drug-likeness (QED) is 0.604. The number of rotatable bonds is 6. The molecule has 2 aromatic carbocycles. The van der Waals surface area contributed by atoms with Crippen LogP contribution in [0.5, 0.6) is 11.5 Å². The fourth-order valence-electron chi connectivity index (χ4n) is 3.90. The van der Waals surface area contributed by atoms with Crippen molar-refractivity contribution in [1.29, 1.82) is 0 Å². The predicted octanol–water partition coefficient (Wildman–Crippen LogP) is 3.46. The number of anilines is 1. The zero-order valence-corrected chi connectivity index (χ0v) is 19.0. The first-order chi connectivity index (χ1) is 16.1. The molecule has 170 valence electrons. The molecule has 3 heterocycles. The number of benzene rings is 2.